The van der Waals surface area contributed by atoms with Crippen LogP contribution in [0.1, 0.15) is 30.6 Å². The topological polar surface area (TPSA) is 66.5 Å². The van der Waals surface area contributed by atoms with Crippen molar-refractivity contribution < 1.29 is 13.2 Å². The van der Waals surface area contributed by atoms with Crippen LogP contribution in [0.25, 0.3) is 0 Å². The third-order valence-electron chi connectivity index (χ3n) is 3.11. The van der Waals surface area contributed by atoms with Gasteiger partial charge in [-0.25, -0.2) is 12.7 Å². The molecule has 0 heterocycles. The minimum atomic E-state index is -3.24. The molecule has 118 valence electrons. The van der Waals surface area contributed by atoms with Crippen LogP contribution < -0.4 is 5.32 Å². The molecular formula is C15H24N2O3S. The Hall–Kier alpha value is -1.40. The molecule has 0 saturated carbocycles. The van der Waals surface area contributed by atoms with Gasteiger partial charge in [-0.3, -0.25) is 4.79 Å². The molecule has 0 unspecified atom stereocenters. The lowest BCUT2D eigenvalue weighted by atomic mass is 10.1. The Morgan fingerprint density at radius 1 is 1.19 bits per heavy atom. The summed E-state index contributed by atoms with van der Waals surface area (Å²) >= 11 is 0. The summed E-state index contributed by atoms with van der Waals surface area (Å²) in [7, 11) is -3.24. The molecule has 1 aromatic rings. The lowest BCUT2D eigenvalue weighted by Crippen LogP contribution is -2.38. The van der Waals surface area contributed by atoms with Crippen LogP contribution in [-0.4, -0.2) is 44.5 Å². The Kier molecular flexibility index (Phi) is 6.84. The van der Waals surface area contributed by atoms with E-state index in [9.17, 15) is 13.2 Å². The van der Waals surface area contributed by atoms with E-state index in [-0.39, 0.29) is 5.91 Å². The molecule has 0 radical (unpaired) electrons. The van der Waals surface area contributed by atoms with Crippen LogP contribution in [0.2, 0.25) is 0 Å². The molecule has 0 saturated heterocycles. The molecule has 1 amide bonds. The number of nitrogens with zero attached hydrogens (tertiary/aromatic N) is 1. The Labute approximate surface area is 127 Å². The fourth-order valence-electron chi connectivity index (χ4n) is 1.83. The predicted molar refractivity (Wildman–Crippen MR) is 84.6 cm³/mol. The van der Waals surface area contributed by atoms with Gasteiger partial charge < -0.3 is 5.32 Å². The molecule has 0 atom stereocenters. The molecule has 1 N–H and O–H groups in total. The van der Waals surface area contributed by atoms with E-state index in [0.29, 0.717) is 31.1 Å². The second-order valence-corrected chi connectivity index (χ2v) is 7.45. The van der Waals surface area contributed by atoms with Crippen LogP contribution >= 0.6 is 0 Å². The van der Waals surface area contributed by atoms with Gasteiger partial charge in [-0.15, -0.1) is 0 Å². The summed E-state index contributed by atoms with van der Waals surface area (Å²) < 4.78 is 24.8. The molecule has 0 aromatic heterocycles. The first kappa shape index (κ1) is 17.7. The highest BCUT2D eigenvalue weighted by Crippen LogP contribution is 2.05. The summed E-state index contributed by atoms with van der Waals surface area (Å²) in [6.45, 7) is 5.19. The number of carbonyl (C=O) groups excluding carboxylic acids is 1. The summed E-state index contributed by atoms with van der Waals surface area (Å²) in [5.74, 6) is 0.251. The standard InChI is InChI=1S/C15H24N2O3S/c1-13(2)9-11-17(21(3,19)20)12-10-16-15(18)14-7-5-4-6-8-14/h4-8,13H,9-12H2,1-3H3,(H,16,18). The van der Waals surface area contributed by atoms with Gasteiger partial charge in [0.15, 0.2) is 0 Å². The second-order valence-electron chi connectivity index (χ2n) is 5.47. The van der Waals surface area contributed by atoms with Gasteiger partial charge in [0.25, 0.3) is 5.91 Å². The van der Waals surface area contributed by atoms with Crippen molar-refractivity contribution in [2.75, 3.05) is 25.9 Å². The fraction of sp³-hybridized carbons (Fsp3) is 0.533. The van der Waals surface area contributed by atoms with Crippen LogP contribution in [-0.2, 0) is 10.0 Å². The highest BCUT2D eigenvalue weighted by Gasteiger charge is 2.16. The Balaban J connectivity index is 2.48. The molecular weight excluding hydrogens is 288 g/mol. The van der Waals surface area contributed by atoms with E-state index < -0.39 is 10.0 Å². The molecule has 6 heteroatoms. The van der Waals surface area contributed by atoms with Crippen LogP contribution in [0.15, 0.2) is 30.3 Å². The zero-order chi connectivity index (χ0) is 15.9. The number of sulfonamides is 1. The van der Waals surface area contributed by atoms with E-state index in [1.165, 1.54) is 10.6 Å². The lowest BCUT2D eigenvalue weighted by Gasteiger charge is -2.21. The largest absolute Gasteiger partial charge is 0.351 e. The van der Waals surface area contributed by atoms with Gasteiger partial charge in [0.2, 0.25) is 10.0 Å². The smallest absolute Gasteiger partial charge is 0.251 e. The number of benzene rings is 1. The van der Waals surface area contributed by atoms with Crippen LogP contribution in [0.5, 0.6) is 0 Å². The third-order valence-corrected chi connectivity index (χ3v) is 4.41. The van der Waals surface area contributed by atoms with Crippen molar-refractivity contribution in [1.29, 1.82) is 0 Å². The van der Waals surface area contributed by atoms with Crippen LogP contribution in [0.3, 0.4) is 0 Å². The zero-order valence-corrected chi connectivity index (χ0v) is 13.7. The number of hydrogen-bond donors (Lipinski definition) is 1. The molecule has 1 aromatic carbocycles. The van der Waals surface area contributed by atoms with Crippen molar-refractivity contribution >= 4 is 15.9 Å². The van der Waals surface area contributed by atoms with Gasteiger partial charge in [0.05, 0.1) is 6.26 Å². The third kappa shape index (κ3) is 6.73. The van der Waals surface area contributed by atoms with Crippen molar-refractivity contribution in [3.8, 4) is 0 Å². The summed E-state index contributed by atoms with van der Waals surface area (Å²) in [5.41, 5.74) is 0.575. The van der Waals surface area contributed by atoms with Crippen molar-refractivity contribution in [2.24, 2.45) is 5.92 Å². The van der Waals surface area contributed by atoms with Gasteiger partial charge in [0, 0.05) is 25.2 Å². The van der Waals surface area contributed by atoms with E-state index in [0.717, 1.165) is 6.42 Å². The average Bonchev–Trinajstić information content (AvgIpc) is 2.41. The molecule has 21 heavy (non-hydrogen) atoms. The Morgan fingerprint density at radius 2 is 1.81 bits per heavy atom. The van der Waals surface area contributed by atoms with Gasteiger partial charge >= 0.3 is 0 Å². The maximum Gasteiger partial charge on any atom is 0.251 e. The fourth-order valence-corrected chi connectivity index (χ4v) is 2.69. The first-order valence-electron chi connectivity index (χ1n) is 7.09. The lowest BCUT2D eigenvalue weighted by molar-refractivity contribution is 0.0951. The number of carbonyl (C=O) groups is 1. The van der Waals surface area contributed by atoms with E-state index in [4.69, 9.17) is 0 Å². The molecule has 0 aliphatic heterocycles. The average molecular weight is 312 g/mol. The van der Waals surface area contributed by atoms with E-state index in [1.54, 1.807) is 24.3 Å². The minimum absolute atomic E-state index is 0.187. The molecule has 0 spiro atoms. The van der Waals surface area contributed by atoms with Crippen molar-refractivity contribution in [2.45, 2.75) is 20.3 Å². The molecule has 0 aliphatic carbocycles. The number of hydrogen-bond acceptors (Lipinski definition) is 3. The summed E-state index contributed by atoms with van der Waals surface area (Å²) in [6, 6.07) is 8.87. The number of nitrogens with one attached hydrogen (secondary N) is 1. The van der Waals surface area contributed by atoms with Crippen LogP contribution in [0, 0.1) is 5.92 Å². The normalized spacial score (nSPS) is 11.9. The van der Waals surface area contributed by atoms with Crippen LogP contribution in [0.4, 0.5) is 0 Å². The summed E-state index contributed by atoms with van der Waals surface area (Å²) in [4.78, 5) is 11.9. The highest BCUT2D eigenvalue weighted by molar-refractivity contribution is 7.88. The predicted octanol–water partition coefficient (Wildman–Crippen LogP) is 1.72. The number of amides is 1. The first-order chi connectivity index (χ1) is 9.80. The van der Waals surface area contributed by atoms with Crippen molar-refractivity contribution in [1.82, 2.24) is 9.62 Å². The van der Waals surface area contributed by atoms with Gasteiger partial charge in [-0.05, 0) is 24.5 Å². The number of rotatable bonds is 8. The molecule has 0 bridgehead atoms. The zero-order valence-electron chi connectivity index (χ0n) is 12.9. The Morgan fingerprint density at radius 3 is 2.33 bits per heavy atom. The summed E-state index contributed by atoms with van der Waals surface area (Å²) in [6.07, 6.45) is 2.01. The maximum atomic E-state index is 11.9. The van der Waals surface area contributed by atoms with Gasteiger partial charge in [-0.1, -0.05) is 32.0 Å². The molecule has 1 rings (SSSR count). The SMILES string of the molecule is CC(C)CCN(CCNC(=O)c1ccccc1)S(C)(=O)=O. The molecule has 0 aliphatic rings. The van der Waals surface area contributed by atoms with E-state index >= 15 is 0 Å². The maximum absolute atomic E-state index is 11.9. The molecule has 0 fully saturated rings. The summed E-state index contributed by atoms with van der Waals surface area (Å²) in [5, 5.41) is 2.74. The van der Waals surface area contributed by atoms with Crippen molar-refractivity contribution in [3.05, 3.63) is 35.9 Å². The minimum Gasteiger partial charge on any atom is -0.351 e. The monoisotopic (exact) mass is 312 g/mol. The van der Waals surface area contributed by atoms with Gasteiger partial charge in [-0.2, -0.15) is 0 Å². The van der Waals surface area contributed by atoms with Crippen molar-refractivity contribution in [3.63, 3.8) is 0 Å². The van der Waals surface area contributed by atoms with Gasteiger partial charge in [0.1, 0.15) is 0 Å². The first-order valence-corrected chi connectivity index (χ1v) is 8.94. The van der Waals surface area contributed by atoms with E-state index in [2.05, 4.69) is 19.2 Å². The second kappa shape index (κ2) is 8.14. The molecule has 5 nitrogen and oxygen atoms in total. The Bertz CT molecular complexity index is 541. The highest BCUT2D eigenvalue weighted by atomic mass is 32.2. The quantitative estimate of drug-likeness (QED) is 0.795. The van der Waals surface area contributed by atoms with E-state index in [1.807, 2.05) is 6.07 Å².